The van der Waals surface area contributed by atoms with E-state index in [0.29, 0.717) is 24.8 Å². The Kier molecular flexibility index (Phi) is 5.13. The summed E-state index contributed by atoms with van der Waals surface area (Å²) in [6, 6.07) is 16.2. The Bertz CT molecular complexity index is 915. The Morgan fingerprint density at radius 3 is 2.50 bits per heavy atom. The number of likely N-dealkylation sites (tertiary alicyclic amines) is 1. The molecule has 5 heteroatoms. The van der Waals surface area contributed by atoms with Crippen LogP contribution in [0.2, 0.25) is 0 Å². The zero-order valence-corrected chi connectivity index (χ0v) is 17.3. The molecule has 2 aliphatic heterocycles. The summed E-state index contributed by atoms with van der Waals surface area (Å²) in [5.41, 5.74) is 3.32. The van der Waals surface area contributed by atoms with Crippen LogP contribution in [-0.2, 0) is 17.6 Å². The van der Waals surface area contributed by atoms with Gasteiger partial charge in [0.05, 0.1) is 11.7 Å². The van der Waals surface area contributed by atoms with Gasteiger partial charge in [-0.3, -0.25) is 9.69 Å². The first-order valence-corrected chi connectivity index (χ1v) is 11.1. The highest BCUT2D eigenvalue weighted by molar-refractivity contribution is 5.94. The summed E-state index contributed by atoms with van der Waals surface area (Å²) >= 11 is 0. The highest BCUT2D eigenvalue weighted by Crippen LogP contribution is 2.45. The first-order valence-electron chi connectivity index (χ1n) is 11.1. The number of anilines is 1. The summed E-state index contributed by atoms with van der Waals surface area (Å²) in [4.78, 5) is 14.2. The maximum Gasteiger partial charge on any atom is 0.224 e. The zero-order valence-electron chi connectivity index (χ0n) is 17.3. The van der Waals surface area contributed by atoms with Gasteiger partial charge in [0.1, 0.15) is 0 Å². The minimum absolute atomic E-state index is 0.0237. The van der Waals surface area contributed by atoms with Crippen molar-refractivity contribution in [1.29, 1.82) is 0 Å². The number of aliphatic hydroxyl groups is 2. The van der Waals surface area contributed by atoms with Crippen LogP contribution in [0.15, 0.2) is 48.5 Å². The molecule has 1 amide bonds. The van der Waals surface area contributed by atoms with E-state index in [1.54, 1.807) is 0 Å². The normalized spacial score (nSPS) is 29.3. The second-order valence-corrected chi connectivity index (χ2v) is 9.48. The average molecular weight is 407 g/mol. The number of nitrogens with zero attached hydrogens (tertiary/aromatic N) is 1. The van der Waals surface area contributed by atoms with Crippen molar-refractivity contribution < 1.29 is 15.0 Å². The van der Waals surface area contributed by atoms with E-state index in [-0.39, 0.29) is 5.91 Å². The molecule has 1 unspecified atom stereocenters. The van der Waals surface area contributed by atoms with Gasteiger partial charge in [0, 0.05) is 43.7 Å². The molecule has 0 radical (unpaired) electrons. The topological polar surface area (TPSA) is 72.8 Å². The molecule has 1 aliphatic carbocycles. The van der Waals surface area contributed by atoms with E-state index in [1.165, 1.54) is 5.56 Å². The molecule has 1 saturated carbocycles. The van der Waals surface area contributed by atoms with Crippen LogP contribution in [0.4, 0.5) is 5.69 Å². The molecule has 30 heavy (non-hydrogen) atoms. The van der Waals surface area contributed by atoms with Crippen LogP contribution in [0.1, 0.15) is 42.1 Å². The lowest BCUT2D eigenvalue weighted by Crippen LogP contribution is -2.33. The van der Waals surface area contributed by atoms with Crippen molar-refractivity contribution in [1.82, 2.24) is 4.90 Å². The number of para-hydroxylation sites is 1. The zero-order chi connectivity index (χ0) is 20.7. The second kappa shape index (κ2) is 7.80. The maximum atomic E-state index is 11.8. The van der Waals surface area contributed by atoms with Gasteiger partial charge in [-0.25, -0.2) is 0 Å². The van der Waals surface area contributed by atoms with Crippen molar-refractivity contribution in [2.45, 2.75) is 43.8 Å². The summed E-state index contributed by atoms with van der Waals surface area (Å²) in [5.74, 6) is 0.987. The number of fused-ring (bicyclic) bond motifs is 2. The van der Waals surface area contributed by atoms with Gasteiger partial charge in [0.2, 0.25) is 5.91 Å². The van der Waals surface area contributed by atoms with Gasteiger partial charge in [-0.2, -0.15) is 0 Å². The third-order valence-corrected chi connectivity index (χ3v) is 7.17. The molecule has 1 saturated heterocycles. The SMILES string of the molecule is O=C1CCc2cccc(C(O)CN3C[C@@H]4C[C@@](O)(Cc5ccccc5)C[C@@H]4C3)c2N1. The average Bonchev–Trinajstić information content (AvgIpc) is 3.21. The Morgan fingerprint density at radius 2 is 1.77 bits per heavy atom. The van der Waals surface area contributed by atoms with Crippen molar-refractivity contribution in [2.24, 2.45) is 11.8 Å². The molecule has 3 aliphatic rings. The first kappa shape index (κ1) is 19.7. The van der Waals surface area contributed by atoms with E-state index in [9.17, 15) is 15.0 Å². The number of hydrogen-bond acceptors (Lipinski definition) is 4. The molecular formula is C25H30N2O3. The third kappa shape index (κ3) is 3.89. The van der Waals surface area contributed by atoms with E-state index < -0.39 is 11.7 Å². The number of β-amino-alcohol motifs (C(OH)–C–C–N with tert-alkyl or cyclic N) is 1. The molecule has 2 heterocycles. The van der Waals surface area contributed by atoms with E-state index in [4.69, 9.17) is 0 Å². The van der Waals surface area contributed by atoms with Gasteiger partial charge in [0.25, 0.3) is 0 Å². The fourth-order valence-corrected chi connectivity index (χ4v) is 5.88. The van der Waals surface area contributed by atoms with E-state index in [1.807, 2.05) is 36.4 Å². The molecule has 5 rings (SSSR count). The highest BCUT2D eigenvalue weighted by atomic mass is 16.3. The van der Waals surface area contributed by atoms with Gasteiger partial charge in [-0.1, -0.05) is 48.5 Å². The predicted octanol–water partition coefficient (Wildman–Crippen LogP) is 2.92. The van der Waals surface area contributed by atoms with Crippen LogP contribution >= 0.6 is 0 Å². The molecule has 0 spiro atoms. The predicted molar refractivity (Wildman–Crippen MR) is 116 cm³/mol. The van der Waals surface area contributed by atoms with Crippen LogP contribution in [0.3, 0.4) is 0 Å². The third-order valence-electron chi connectivity index (χ3n) is 7.17. The molecule has 3 N–H and O–H groups in total. The molecule has 2 aromatic carbocycles. The molecule has 0 aromatic heterocycles. The number of benzene rings is 2. The minimum Gasteiger partial charge on any atom is -0.390 e. The lowest BCUT2D eigenvalue weighted by atomic mass is 9.91. The first-order chi connectivity index (χ1) is 14.5. The molecule has 158 valence electrons. The van der Waals surface area contributed by atoms with E-state index in [0.717, 1.165) is 55.6 Å². The Morgan fingerprint density at radius 1 is 1.03 bits per heavy atom. The van der Waals surface area contributed by atoms with Gasteiger partial charge in [-0.15, -0.1) is 0 Å². The summed E-state index contributed by atoms with van der Waals surface area (Å²) in [5, 5.41) is 25.0. The molecule has 5 nitrogen and oxygen atoms in total. The number of nitrogens with one attached hydrogen (secondary N) is 1. The maximum absolute atomic E-state index is 11.8. The number of carbonyl (C=O) groups is 1. The minimum atomic E-state index is -0.625. The quantitative estimate of drug-likeness (QED) is 0.714. The largest absolute Gasteiger partial charge is 0.390 e. The standard InChI is InChI=1S/C25H30N2O3/c28-22(21-8-4-7-18-9-10-23(29)26-24(18)21)16-27-14-19-12-25(30,13-20(19)15-27)11-17-5-2-1-3-6-17/h1-8,19-20,22,28,30H,9-16H2,(H,26,29)/t19-,20+,22?,25-. The fraction of sp³-hybridized carbons (Fsp3) is 0.480. The van der Waals surface area contributed by atoms with Crippen molar-refractivity contribution in [3.05, 3.63) is 65.2 Å². The van der Waals surface area contributed by atoms with Gasteiger partial charge >= 0.3 is 0 Å². The van der Waals surface area contributed by atoms with E-state index >= 15 is 0 Å². The summed E-state index contributed by atoms with van der Waals surface area (Å²) in [6.45, 7) is 2.40. The van der Waals surface area contributed by atoms with Crippen LogP contribution < -0.4 is 5.32 Å². The van der Waals surface area contributed by atoms with Crippen LogP contribution in [-0.4, -0.2) is 46.3 Å². The van der Waals surface area contributed by atoms with Crippen LogP contribution in [0.5, 0.6) is 0 Å². The molecule has 2 fully saturated rings. The Labute approximate surface area is 177 Å². The van der Waals surface area contributed by atoms with Crippen LogP contribution in [0, 0.1) is 11.8 Å². The second-order valence-electron chi connectivity index (χ2n) is 9.48. The van der Waals surface area contributed by atoms with Crippen molar-refractivity contribution in [3.63, 3.8) is 0 Å². The molecule has 0 bridgehead atoms. The number of rotatable bonds is 5. The molecular weight excluding hydrogens is 376 g/mol. The number of amides is 1. The smallest absolute Gasteiger partial charge is 0.224 e. The highest BCUT2D eigenvalue weighted by Gasteiger charge is 2.48. The summed E-state index contributed by atoms with van der Waals surface area (Å²) in [6.07, 6.45) is 3.00. The lowest BCUT2D eigenvalue weighted by molar-refractivity contribution is -0.116. The lowest BCUT2D eigenvalue weighted by Gasteiger charge is -2.28. The van der Waals surface area contributed by atoms with Crippen molar-refractivity contribution in [2.75, 3.05) is 25.0 Å². The number of aryl methyl sites for hydroxylation is 1. The number of aliphatic hydroxyl groups excluding tert-OH is 1. The van der Waals surface area contributed by atoms with Gasteiger partial charge in [0.15, 0.2) is 0 Å². The molecule has 2 aromatic rings. The van der Waals surface area contributed by atoms with E-state index in [2.05, 4.69) is 22.3 Å². The van der Waals surface area contributed by atoms with Gasteiger partial charge in [-0.05, 0) is 42.2 Å². The summed E-state index contributed by atoms with van der Waals surface area (Å²) < 4.78 is 0. The number of hydrogen-bond donors (Lipinski definition) is 3. The van der Waals surface area contributed by atoms with Gasteiger partial charge < -0.3 is 15.5 Å². The number of carbonyl (C=O) groups excluding carboxylic acids is 1. The Balaban J connectivity index is 1.21. The van der Waals surface area contributed by atoms with Crippen molar-refractivity contribution in [3.8, 4) is 0 Å². The monoisotopic (exact) mass is 406 g/mol. The van der Waals surface area contributed by atoms with Crippen LogP contribution in [0.25, 0.3) is 0 Å². The fourth-order valence-electron chi connectivity index (χ4n) is 5.88. The Hall–Kier alpha value is -2.21. The molecule has 4 atom stereocenters. The summed E-state index contributed by atoms with van der Waals surface area (Å²) in [7, 11) is 0. The van der Waals surface area contributed by atoms with Crippen molar-refractivity contribution >= 4 is 11.6 Å².